The first-order valence-electron chi connectivity index (χ1n) is 12.9. The number of imidazole rings is 1. The van der Waals surface area contributed by atoms with Gasteiger partial charge in [-0.05, 0) is 79.9 Å². The van der Waals surface area contributed by atoms with Crippen molar-refractivity contribution in [1.29, 1.82) is 0 Å². The molecular formula is C31H29FN6. The number of aromatic amines is 2. The fraction of sp³-hybridized carbons (Fsp3) is 0.194. The van der Waals surface area contributed by atoms with Gasteiger partial charge in [-0.2, -0.15) is 5.10 Å². The van der Waals surface area contributed by atoms with Crippen molar-refractivity contribution in [2.75, 3.05) is 13.1 Å². The molecule has 6 rings (SSSR count). The number of hydrogen-bond acceptors (Lipinski definition) is 4. The molecule has 2 aromatic carbocycles. The summed E-state index contributed by atoms with van der Waals surface area (Å²) in [5.41, 5.74) is 8.46. The Morgan fingerprint density at radius 3 is 2.66 bits per heavy atom. The molecular weight excluding hydrogens is 475 g/mol. The van der Waals surface area contributed by atoms with Crippen LogP contribution in [0.1, 0.15) is 35.4 Å². The third kappa shape index (κ3) is 4.68. The van der Waals surface area contributed by atoms with Gasteiger partial charge in [0.05, 0.1) is 11.2 Å². The second-order valence-electron chi connectivity index (χ2n) is 9.78. The zero-order valence-corrected chi connectivity index (χ0v) is 21.3. The van der Waals surface area contributed by atoms with Crippen LogP contribution in [0.5, 0.6) is 0 Å². The SMILES string of the molecule is C=C/C=C(/c1ccc(F)cc1)c1nc(-c2n[nH]c3ccc(-c4cncc(CN5CCCC5)c4)cc23)[nH]c1C. The summed E-state index contributed by atoms with van der Waals surface area (Å²) in [6.07, 6.45) is 10.0. The summed E-state index contributed by atoms with van der Waals surface area (Å²) >= 11 is 0. The number of allylic oxidation sites excluding steroid dienone is 2. The zero-order valence-electron chi connectivity index (χ0n) is 21.3. The lowest BCUT2D eigenvalue weighted by molar-refractivity contribution is 0.331. The van der Waals surface area contributed by atoms with Gasteiger partial charge < -0.3 is 4.98 Å². The van der Waals surface area contributed by atoms with Crippen LogP contribution < -0.4 is 0 Å². The van der Waals surface area contributed by atoms with E-state index in [1.165, 1.54) is 30.5 Å². The molecule has 1 aliphatic heterocycles. The molecule has 1 saturated heterocycles. The van der Waals surface area contributed by atoms with Crippen LogP contribution >= 0.6 is 0 Å². The Labute approximate surface area is 221 Å². The Kier molecular flexibility index (Phi) is 6.43. The predicted octanol–water partition coefficient (Wildman–Crippen LogP) is 6.68. The fourth-order valence-corrected chi connectivity index (χ4v) is 5.20. The molecule has 3 aromatic heterocycles. The van der Waals surface area contributed by atoms with Crippen LogP contribution in [-0.4, -0.2) is 43.1 Å². The van der Waals surface area contributed by atoms with Crippen molar-refractivity contribution >= 4 is 16.5 Å². The quantitative estimate of drug-likeness (QED) is 0.243. The van der Waals surface area contributed by atoms with Crippen LogP contribution in [0.4, 0.5) is 4.39 Å². The highest BCUT2D eigenvalue weighted by Gasteiger charge is 2.18. The third-order valence-electron chi connectivity index (χ3n) is 7.10. The molecule has 0 spiro atoms. The van der Waals surface area contributed by atoms with Crippen molar-refractivity contribution in [2.45, 2.75) is 26.3 Å². The van der Waals surface area contributed by atoms with E-state index in [4.69, 9.17) is 4.98 Å². The topological polar surface area (TPSA) is 73.5 Å². The number of fused-ring (bicyclic) bond motifs is 1. The standard InChI is InChI=1S/C31H29FN6/c1-3-6-26(22-7-10-25(32)11-8-22)29-20(2)34-31(35-29)30-27-16-23(9-12-28(27)36-37-30)24-15-21(17-33-18-24)19-38-13-4-5-14-38/h3,6-12,15-18H,1,4-5,13-14,19H2,2H3,(H,34,35)(H,36,37)/b26-6-. The normalized spacial score (nSPS) is 14.4. The number of halogens is 1. The van der Waals surface area contributed by atoms with Gasteiger partial charge in [0.25, 0.3) is 0 Å². The van der Waals surface area contributed by atoms with Crippen LogP contribution in [0, 0.1) is 12.7 Å². The predicted molar refractivity (Wildman–Crippen MR) is 150 cm³/mol. The van der Waals surface area contributed by atoms with E-state index < -0.39 is 0 Å². The lowest BCUT2D eigenvalue weighted by atomic mass is 10.0. The molecule has 0 radical (unpaired) electrons. The molecule has 6 nitrogen and oxygen atoms in total. The van der Waals surface area contributed by atoms with Crippen molar-refractivity contribution < 1.29 is 4.39 Å². The average molecular weight is 505 g/mol. The van der Waals surface area contributed by atoms with Gasteiger partial charge in [0, 0.05) is 41.2 Å². The molecule has 0 amide bonds. The number of hydrogen-bond donors (Lipinski definition) is 2. The molecule has 1 fully saturated rings. The molecule has 0 bridgehead atoms. The molecule has 0 atom stereocenters. The Morgan fingerprint density at radius 2 is 1.87 bits per heavy atom. The lowest BCUT2D eigenvalue weighted by Crippen LogP contribution is -2.18. The van der Waals surface area contributed by atoms with Gasteiger partial charge in [-0.3, -0.25) is 15.0 Å². The number of nitrogens with zero attached hydrogens (tertiary/aromatic N) is 4. The molecule has 0 saturated carbocycles. The third-order valence-corrected chi connectivity index (χ3v) is 7.10. The number of aromatic nitrogens is 5. The van der Waals surface area contributed by atoms with Gasteiger partial charge in [0.15, 0.2) is 5.82 Å². The maximum Gasteiger partial charge on any atom is 0.159 e. The first-order chi connectivity index (χ1) is 18.6. The van der Waals surface area contributed by atoms with Gasteiger partial charge >= 0.3 is 0 Å². The average Bonchev–Trinajstić information content (AvgIpc) is 3.68. The monoisotopic (exact) mass is 504 g/mol. The van der Waals surface area contributed by atoms with Crippen LogP contribution in [0.15, 0.2) is 79.7 Å². The van der Waals surface area contributed by atoms with Crippen molar-refractivity contribution in [3.8, 4) is 22.6 Å². The van der Waals surface area contributed by atoms with Gasteiger partial charge in [-0.15, -0.1) is 0 Å². The van der Waals surface area contributed by atoms with E-state index in [0.29, 0.717) is 5.82 Å². The minimum absolute atomic E-state index is 0.276. The van der Waals surface area contributed by atoms with E-state index in [1.807, 2.05) is 31.5 Å². The Balaban J connectivity index is 1.36. The number of nitrogens with one attached hydrogen (secondary N) is 2. The Morgan fingerprint density at radius 1 is 1.05 bits per heavy atom. The second-order valence-corrected chi connectivity index (χ2v) is 9.78. The number of likely N-dealkylation sites (tertiary alicyclic amines) is 1. The maximum absolute atomic E-state index is 13.5. The summed E-state index contributed by atoms with van der Waals surface area (Å²) in [6.45, 7) is 9.08. The summed E-state index contributed by atoms with van der Waals surface area (Å²) in [6, 6.07) is 14.9. The Bertz CT molecular complexity index is 1640. The number of H-pyrrole nitrogens is 2. The number of rotatable bonds is 7. The highest BCUT2D eigenvalue weighted by Crippen LogP contribution is 2.32. The molecule has 190 valence electrons. The van der Waals surface area contributed by atoms with E-state index >= 15 is 0 Å². The summed E-state index contributed by atoms with van der Waals surface area (Å²) in [4.78, 5) is 15.3. The van der Waals surface area contributed by atoms with Crippen molar-refractivity contribution in [3.05, 3.63) is 108 Å². The summed E-state index contributed by atoms with van der Waals surface area (Å²) in [7, 11) is 0. The van der Waals surface area contributed by atoms with Gasteiger partial charge in [0.2, 0.25) is 0 Å². The highest BCUT2D eigenvalue weighted by atomic mass is 19.1. The molecule has 5 aromatic rings. The first-order valence-corrected chi connectivity index (χ1v) is 12.9. The molecule has 7 heteroatoms. The molecule has 0 unspecified atom stereocenters. The Hall–Kier alpha value is -4.36. The molecule has 0 aliphatic carbocycles. The van der Waals surface area contributed by atoms with E-state index in [-0.39, 0.29) is 5.82 Å². The number of benzene rings is 2. The molecule has 4 heterocycles. The lowest BCUT2D eigenvalue weighted by Gasteiger charge is -2.14. The molecule has 2 N–H and O–H groups in total. The van der Waals surface area contributed by atoms with Crippen LogP contribution in [-0.2, 0) is 6.54 Å². The highest BCUT2D eigenvalue weighted by molar-refractivity contribution is 5.94. The number of pyridine rings is 1. The van der Waals surface area contributed by atoms with Crippen LogP contribution in [0.25, 0.3) is 39.1 Å². The molecule has 38 heavy (non-hydrogen) atoms. The van der Waals surface area contributed by atoms with Crippen LogP contribution in [0.3, 0.4) is 0 Å². The van der Waals surface area contributed by atoms with E-state index in [0.717, 1.165) is 69.9 Å². The van der Waals surface area contributed by atoms with Crippen molar-refractivity contribution in [3.63, 3.8) is 0 Å². The summed E-state index contributed by atoms with van der Waals surface area (Å²) in [5, 5.41) is 8.72. The van der Waals surface area contributed by atoms with Gasteiger partial charge in [0.1, 0.15) is 11.5 Å². The van der Waals surface area contributed by atoms with Crippen molar-refractivity contribution in [1.82, 2.24) is 30.0 Å². The van der Waals surface area contributed by atoms with Crippen LogP contribution in [0.2, 0.25) is 0 Å². The summed E-state index contributed by atoms with van der Waals surface area (Å²) < 4.78 is 13.5. The maximum atomic E-state index is 13.5. The van der Waals surface area contributed by atoms with E-state index in [1.54, 1.807) is 18.2 Å². The molecule has 1 aliphatic rings. The van der Waals surface area contributed by atoms with E-state index in [9.17, 15) is 4.39 Å². The number of aryl methyl sites for hydroxylation is 1. The minimum Gasteiger partial charge on any atom is -0.340 e. The first kappa shape index (κ1) is 24.0. The second kappa shape index (κ2) is 10.2. The zero-order chi connectivity index (χ0) is 26.1. The van der Waals surface area contributed by atoms with Crippen molar-refractivity contribution in [2.24, 2.45) is 0 Å². The minimum atomic E-state index is -0.276. The summed E-state index contributed by atoms with van der Waals surface area (Å²) in [5.74, 6) is 0.389. The smallest absolute Gasteiger partial charge is 0.159 e. The van der Waals surface area contributed by atoms with E-state index in [2.05, 4.69) is 49.8 Å². The fourth-order valence-electron chi connectivity index (χ4n) is 5.20. The van der Waals surface area contributed by atoms with Gasteiger partial charge in [-0.25, -0.2) is 9.37 Å². The van der Waals surface area contributed by atoms with Gasteiger partial charge in [-0.1, -0.05) is 36.9 Å². The largest absolute Gasteiger partial charge is 0.340 e.